The standard InChI is InChI=1S/C19H18N2OS2/c1-13-4-3-5-14(2)18(13)21-19(22)15-6-8-17(9-7-15)24-11-16-10-23-12-20-16/h3-10,12H,11H2,1-2H3,(H,21,22). The minimum Gasteiger partial charge on any atom is -0.322 e. The lowest BCUT2D eigenvalue weighted by Crippen LogP contribution is -2.13. The zero-order valence-corrected chi connectivity index (χ0v) is 15.2. The molecule has 0 saturated heterocycles. The molecule has 1 heterocycles. The first-order chi connectivity index (χ1) is 11.6. The van der Waals surface area contributed by atoms with E-state index in [2.05, 4.69) is 15.7 Å². The van der Waals surface area contributed by atoms with Crippen molar-refractivity contribution in [2.75, 3.05) is 5.32 Å². The van der Waals surface area contributed by atoms with Crippen molar-refractivity contribution in [2.24, 2.45) is 0 Å². The molecule has 0 atom stereocenters. The number of anilines is 1. The van der Waals surface area contributed by atoms with E-state index in [-0.39, 0.29) is 5.91 Å². The van der Waals surface area contributed by atoms with Crippen LogP contribution in [0.3, 0.4) is 0 Å². The number of para-hydroxylation sites is 1. The van der Waals surface area contributed by atoms with Crippen molar-refractivity contribution in [1.29, 1.82) is 0 Å². The lowest BCUT2D eigenvalue weighted by Gasteiger charge is -2.11. The summed E-state index contributed by atoms with van der Waals surface area (Å²) in [6, 6.07) is 13.7. The van der Waals surface area contributed by atoms with Crippen molar-refractivity contribution < 1.29 is 4.79 Å². The number of nitrogens with zero attached hydrogens (tertiary/aromatic N) is 1. The predicted octanol–water partition coefficient (Wildman–Crippen LogP) is 5.30. The molecule has 1 N–H and O–H groups in total. The Balaban J connectivity index is 1.65. The van der Waals surface area contributed by atoms with Crippen LogP contribution in [0.15, 0.2) is 58.3 Å². The highest BCUT2D eigenvalue weighted by atomic mass is 32.2. The molecular formula is C19H18N2OS2. The van der Waals surface area contributed by atoms with Gasteiger partial charge in [-0.3, -0.25) is 4.79 Å². The number of aryl methyl sites for hydroxylation is 2. The molecule has 1 aromatic heterocycles. The van der Waals surface area contributed by atoms with Gasteiger partial charge in [0.15, 0.2) is 0 Å². The van der Waals surface area contributed by atoms with E-state index in [1.54, 1.807) is 23.1 Å². The van der Waals surface area contributed by atoms with Crippen LogP contribution in [0.1, 0.15) is 27.2 Å². The molecule has 3 nitrogen and oxygen atoms in total. The van der Waals surface area contributed by atoms with Gasteiger partial charge in [0.05, 0.1) is 11.2 Å². The van der Waals surface area contributed by atoms with E-state index < -0.39 is 0 Å². The van der Waals surface area contributed by atoms with Crippen molar-refractivity contribution in [1.82, 2.24) is 4.98 Å². The van der Waals surface area contributed by atoms with E-state index in [1.807, 2.05) is 61.8 Å². The zero-order chi connectivity index (χ0) is 16.9. The molecule has 0 spiro atoms. The van der Waals surface area contributed by atoms with Crippen LogP contribution >= 0.6 is 23.1 Å². The number of aromatic nitrogens is 1. The summed E-state index contributed by atoms with van der Waals surface area (Å²) in [6.45, 7) is 4.00. The molecule has 0 aliphatic rings. The molecule has 0 bridgehead atoms. The molecule has 1 amide bonds. The lowest BCUT2D eigenvalue weighted by atomic mass is 10.1. The number of thiazole rings is 1. The zero-order valence-electron chi connectivity index (χ0n) is 13.6. The Labute approximate surface area is 150 Å². The highest BCUT2D eigenvalue weighted by Gasteiger charge is 2.09. The Hall–Kier alpha value is -2.11. The minimum absolute atomic E-state index is 0.0801. The molecule has 0 aliphatic carbocycles. The van der Waals surface area contributed by atoms with Crippen LogP contribution in [0.5, 0.6) is 0 Å². The van der Waals surface area contributed by atoms with Crippen molar-refractivity contribution in [2.45, 2.75) is 24.5 Å². The van der Waals surface area contributed by atoms with E-state index in [1.165, 1.54) is 0 Å². The number of carbonyl (C=O) groups is 1. The summed E-state index contributed by atoms with van der Waals surface area (Å²) in [4.78, 5) is 17.9. The average Bonchev–Trinajstić information content (AvgIpc) is 3.10. The summed E-state index contributed by atoms with van der Waals surface area (Å²) in [7, 11) is 0. The number of hydrogen-bond donors (Lipinski definition) is 1. The first-order valence-corrected chi connectivity index (χ1v) is 9.54. The van der Waals surface area contributed by atoms with Crippen molar-refractivity contribution in [3.8, 4) is 0 Å². The second-order valence-corrected chi connectivity index (χ2v) is 7.28. The van der Waals surface area contributed by atoms with Crippen molar-refractivity contribution in [3.63, 3.8) is 0 Å². The first kappa shape index (κ1) is 16.7. The van der Waals surface area contributed by atoms with E-state index in [4.69, 9.17) is 0 Å². The van der Waals surface area contributed by atoms with E-state index in [0.717, 1.165) is 33.2 Å². The van der Waals surface area contributed by atoms with Gasteiger partial charge >= 0.3 is 0 Å². The van der Waals surface area contributed by atoms with Gasteiger partial charge in [-0.05, 0) is 49.2 Å². The number of amides is 1. The fraction of sp³-hybridized carbons (Fsp3) is 0.158. The number of hydrogen-bond acceptors (Lipinski definition) is 4. The molecule has 24 heavy (non-hydrogen) atoms. The quantitative estimate of drug-likeness (QED) is 0.632. The highest BCUT2D eigenvalue weighted by Crippen LogP contribution is 2.24. The van der Waals surface area contributed by atoms with Gasteiger partial charge in [-0.25, -0.2) is 4.98 Å². The second-order valence-electron chi connectivity index (χ2n) is 5.51. The largest absolute Gasteiger partial charge is 0.322 e. The Kier molecular flexibility index (Phi) is 5.33. The molecule has 3 aromatic rings. The molecule has 3 rings (SSSR count). The maximum Gasteiger partial charge on any atom is 0.255 e. The normalized spacial score (nSPS) is 10.6. The summed E-state index contributed by atoms with van der Waals surface area (Å²) >= 11 is 3.33. The number of benzene rings is 2. The maximum absolute atomic E-state index is 12.4. The molecule has 0 radical (unpaired) electrons. The third kappa shape index (κ3) is 4.04. The average molecular weight is 355 g/mol. The number of nitrogens with one attached hydrogen (secondary N) is 1. The fourth-order valence-electron chi connectivity index (χ4n) is 2.37. The van der Waals surface area contributed by atoms with E-state index >= 15 is 0 Å². The van der Waals surface area contributed by atoms with Crippen LogP contribution in [0.25, 0.3) is 0 Å². The van der Waals surface area contributed by atoms with Crippen LogP contribution in [-0.2, 0) is 5.75 Å². The van der Waals surface area contributed by atoms with Gasteiger partial charge in [-0.15, -0.1) is 23.1 Å². The SMILES string of the molecule is Cc1cccc(C)c1NC(=O)c1ccc(SCc2cscn2)cc1. The molecule has 0 saturated carbocycles. The lowest BCUT2D eigenvalue weighted by molar-refractivity contribution is 0.102. The highest BCUT2D eigenvalue weighted by molar-refractivity contribution is 7.98. The van der Waals surface area contributed by atoms with E-state index in [0.29, 0.717) is 5.56 Å². The molecule has 2 aromatic carbocycles. The monoisotopic (exact) mass is 354 g/mol. The van der Waals surface area contributed by atoms with Gasteiger partial charge in [-0.2, -0.15) is 0 Å². The summed E-state index contributed by atoms with van der Waals surface area (Å²) < 4.78 is 0. The van der Waals surface area contributed by atoms with Crippen LogP contribution in [0.2, 0.25) is 0 Å². The minimum atomic E-state index is -0.0801. The van der Waals surface area contributed by atoms with Crippen molar-refractivity contribution >= 4 is 34.7 Å². The summed E-state index contributed by atoms with van der Waals surface area (Å²) in [5.74, 6) is 0.765. The molecule has 5 heteroatoms. The van der Waals surface area contributed by atoms with Gasteiger partial charge < -0.3 is 5.32 Å². The molecule has 0 unspecified atom stereocenters. The molecule has 0 aliphatic heterocycles. The van der Waals surface area contributed by atoms with Gasteiger partial charge in [-0.1, -0.05) is 18.2 Å². The third-order valence-corrected chi connectivity index (χ3v) is 5.39. The summed E-state index contributed by atoms with van der Waals surface area (Å²) in [5.41, 5.74) is 6.62. The topological polar surface area (TPSA) is 42.0 Å². The molecule has 0 fully saturated rings. The van der Waals surface area contributed by atoms with Crippen LogP contribution in [-0.4, -0.2) is 10.9 Å². The summed E-state index contributed by atoms with van der Waals surface area (Å²) in [5, 5.41) is 5.07. The van der Waals surface area contributed by atoms with Gasteiger partial charge in [0.1, 0.15) is 0 Å². The molecular weight excluding hydrogens is 336 g/mol. The number of rotatable bonds is 5. The Morgan fingerprint density at radius 3 is 2.46 bits per heavy atom. The number of carbonyl (C=O) groups excluding carboxylic acids is 1. The predicted molar refractivity (Wildman–Crippen MR) is 102 cm³/mol. The van der Waals surface area contributed by atoms with Gasteiger partial charge in [0.25, 0.3) is 5.91 Å². The Bertz CT molecular complexity index is 807. The molecule has 122 valence electrons. The third-order valence-electron chi connectivity index (χ3n) is 3.71. The van der Waals surface area contributed by atoms with Crippen LogP contribution in [0.4, 0.5) is 5.69 Å². The van der Waals surface area contributed by atoms with E-state index in [9.17, 15) is 4.79 Å². The second kappa shape index (κ2) is 7.64. The Morgan fingerprint density at radius 1 is 1.12 bits per heavy atom. The smallest absolute Gasteiger partial charge is 0.255 e. The Morgan fingerprint density at radius 2 is 1.83 bits per heavy atom. The van der Waals surface area contributed by atoms with Crippen molar-refractivity contribution in [3.05, 3.63) is 75.7 Å². The fourth-order valence-corrected chi connectivity index (χ4v) is 3.83. The van der Waals surface area contributed by atoms with Crippen LogP contribution in [0, 0.1) is 13.8 Å². The van der Waals surface area contributed by atoms with Crippen LogP contribution < -0.4 is 5.32 Å². The van der Waals surface area contributed by atoms with Gasteiger partial charge in [0.2, 0.25) is 0 Å². The maximum atomic E-state index is 12.4. The number of thioether (sulfide) groups is 1. The first-order valence-electron chi connectivity index (χ1n) is 7.61. The summed E-state index contributed by atoms with van der Waals surface area (Å²) in [6.07, 6.45) is 0. The van der Waals surface area contributed by atoms with Gasteiger partial charge in [0, 0.05) is 27.3 Å².